The number of rotatable bonds is 11. The molecular weight excluding hydrogens is 560 g/mol. The van der Waals surface area contributed by atoms with Gasteiger partial charge >= 0.3 is 13.7 Å². The van der Waals surface area contributed by atoms with Crippen molar-refractivity contribution >= 4 is 36.6 Å². The van der Waals surface area contributed by atoms with Crippen LogP contribution in [0.5, 0.6) is 5.75 Å². The molecule has 2 aromatic heterocycles. The number of terminal acetylenes is 1. The van der Waals surface area contributed by atoms with Crippen molar-refractivity contribution < 1.29 is 37.4 Å². The van der Waals surface area contributed by atoms with Gasteiger partial charge in [0.2, 0.25) is 11.6 Å². The number of nitrogens with two attached hydrogens (primary N) is 1. The average Bonchev–Trinajstić information content (AvgIpc) is 3.45. The van der Waals surface area contributed by atoms with E-state index in [2.05, 4.69) is 25.4 Å². The maximum absolute atomic E-state index is 16.1. The zero-order chi connectivity index (χ0) is 29.9. The summed E-state index contributed by atoms with van der Waals surface area (Å²) in [5, 5.41) is 16.2. The van der Waals surface area contributed by atoms with Crippen LogP contribution in [0, 0.1) is 12.3 Å². The van der Waals surface area contributed by atoms with Gasteiger partial charge in [-0.15, -0.1) is 6.42 Å². The molecule has 0 saturated carbocycles. The Morgan fingerprint density at radius 1 is 1.34 bits per heavy atom. The van der Waals surface area contributed by atoms with Gasteiger partial charge in [-0.05, 0) is 32.9 Å². The Hall–Kier alpha value is -3.80. The van der Waals surface area contributed by atoms with E-state index in [4.69, 9.17) is 30.7 Å². The molecule has 1 aliphatic rings. The fourth-order valence-corrected chi connectivity index (χ4v) is 5.60. The first-order chi connectivity index (χ1) is 19.4. The number of imidazole rings is 1. The van der Waals surface area contributed by atoms with Gasteiger partial charge in [0.15, 0.2) is 23.2 Å². The number of ether oxygens (including phenoxy) is 2. The number of nitrogen functional groups attached to an aromatic ring is 1. The van der Waals surface area contributed by atoms with Gasteiger partial charge in [-0.1, -0.05) is 24.1 Å². The number of aromatic nitrogens is 4. The van der Waals surface area contributed by atoms with Gasteiger partial charge in [0, 0.05) is 7.05 Å². The second-order valence-corrected chi connectivity index (χ2v) is 11.1. The molecule has 1 saturated heterocycles. The highest BCUT2D eigenvalue weighted by Crippen LogP contribution is 2.48. The van der Waals surface area contributed by atoms with Gasteiger partial charge in [-0.3, -0.25) is 13.9 Å². The molecule has 16 heteroatoms. The summed E-state index contributed by atoms with van der Waals surface area (Å²) < 4.78 is 53.2. The standard InChI is InChI=1S/C25H31FN7O7P/c1-6-25(26)19(34)17(39-23(25)33-13-29-18-20(28-5)30-24(27)31-21(18)33)12-37-41(36,40-16-10-8-7-9-11-16)32-15(4)22(35)38-14(2)3/h1,7-11,13-15,17,19,23,34H,12H2,2-5H3,(H,32,36)(H3,27,28,30,31)/t15-,17?,19+,23+,25+,41?/m0/s1. The minimum Gasteiger partial charge on any atom is -0.462 e. The number of aliphatic hydroxyl groups is 1. The Morgan fingerprint density at radius 3 is 2.68 bits per heavy atom. The monoisotopic (exact) mass is 591 g/mol. The minimum atomic E-state index is -4.34. The van der Waals surface area contributed by atoms with Crippen molar-refractivity contribution in [1.82, 2.24) is 24.6 Å². The first-order valence-electron chi connectivity index (χ1n) is 12.6. The van der Waals surface area contributed by atoms with Crippen molar-refractivity contribution in [2.75, 3.05) is 24.7 Å². The summed E-state index contributed by atoms with van der Waals surface area (Å²) in [6.45, 7) is 4.08. The number of nitrogens with one attached hydrogen (secondary N) is 2. The lowest BCUT2D eigenvalue weighted by molar-refractivity contribution is -0.149. The summed E-state index contributed by atoms with van der Waals surface area (Å²) in [6, 6.07) is 6.92. The fourth-order valence-electron chi connectivity index (χ4n) is 4.10. The van der Waals surface area contributed by atoms with E-state index >= 15 is 4.39 Å². The number of anilines is 2. The molecule has 5 N–H and O–H groups in total. The number of nitrogens with zero attached hydrogens (tertiary/aromatic N) is 4. The highest BCUT2D eigenvalue weighted by molar-refractivity contribution is 7.52. The van der Waals surface area contributed by atoms with Gasteiger partial charge in [0.25, 0.3) is 0 Å². The number of aliphatic hydroxyl groups excluding tert-OH is 1. The van der Waals surface area contributed by atoms with E-state index < -0.39 is 56.6 Å². The van der Waals surface area contributed by atoms with E-state index in [1.54, 1.807) is 39.1 Å². The Kier molecular flexibility index (Phi) is 8.81. The third-order valence-corrected chi connectivity index (χ3v) is 7.67. The summed E-state index contributed by atoms with van der Waals surface area (Å²) in [4.78, 5) is 24.7. The molecule has 3 aromatic rings. The fraction of sp³-hybridized carbons (Fsp3) is 0.440. The van der Waals surface area contributed by atoms with Crippen LogP contribution in [0.3, 0.4) is 0 Å². The van der Waals surface area contributed by atoms with Crippen molar-refractivity contribution in [3.63, 3.8) is 0 Å². The van der Waals surface area contributed by atoms with Gasteiger partial charge in [-0.2, -0.15) is 15.1 Å². The number of hydrogen-bond acceptors (Lipinski definition) is 12. The number of halogens is 1. The second kappa shape index (κ2) is 12.0. The number of hydrogen-bond donors (Lipinski definition) is 4. The normalized spacial score (nSPS) is 24.5. The average molecular weight is 592 g/mol. The molecule has 0 radical (unpaired) electrons. The largest absolute Gasteiger partial charge is 0.462 e. The highest BCUT2D eigenvalue weighted by atomic mass is 31.2. The maximum Gasteiger partial charge on any atom is 0.459 e. The Bertz CT molecular complexity index is 1480. The molecule has 1 aromatic carbocycles. The van der Waals surface area contributed by atoms with Crippen LogP contribution < -0.4 is 20.7 Å². The number of esters is 1. The predicted octanol–water partition coefficient (Wildman–Crippen LogP) is 2.18. The third kappa shape index (κ3) is 6.27. The summed E-state index contributed by atoms with van der Waals surface area (Å²) in [5.74, 6) is 1.57. The third-order valence-electron chi connectivity index (χ3n) is 6.03. The van der Waals surface area contributed by atoms with E-state index in [0.717, 1.165) is 0 Å². The van der Waals surface area contributed by atoms with Crippen molar-refractivity contribution in [3.8, 4) is 18.1 Å². The molecule has 2 unspecified atom stereocenters. The molecule has 6 atom stereocenters. The van der Waals surface area contributed by atoms with E-state index in [-0.39, 0.29) is 28.7 Å². The van der Waals surface area contributed by atoms with Crippen molar-refractivity contribution in [1.29, 1.82) is 0 Å². The van der Waals surface area contributed by atoms with E-state index in [1.807, 2.05) is 5.92 Å². The van der Waals surface area contributed by atoms with Crippen molar-refractivity contribution in [2.45, 2.75) is 57.0 Å². The molecule has 0 bridgehead atoms. The molecule has 4 rings (SSSR count). The van der Waals surface area contributed by atoms with E-state index in [0.29, 0.717) is 0 Å². The summed E-state index contributed by atoms with van der Waals surface area (Å²) in [5.41, 5.74) is 3.36. The molecule has 0 aliphatic carbocycles. The smallest absolute Gasteiger partial charge is 0.459 e. The summed E-state index contributed by atoms with van der Waals surface area (Å²) in [6.07, 6.45) is 1.32. The Labute approximate surface area is 235 Å². The van der Waals surface area contributed by atoms with Crippen LogP contribution in [0.1, 0.15) is 27.0 Å². The van der Waals surface area contributed by atoms with Crippen LogP contribution >= 0.6 is 7.75 Å². The van der Waals surface area contributed by atoms with Crippen LogP contribution in [0.4, 0.5) is 16.2 Å². The second-order valence-electron chi connectivity index (χ2n) is 9.42. The lowest BCUT2D eigenvalue weighted by atomic mass is 9.97. The van der Waals surface area contributed by atoms with Gasteiger partial charge in [-0.25, -0.2) is 13.9 Å². The first-order valence-corrected chi connectivity index (χ1v) is 14.1. The van der Waals surface area contributed by atoms with Crippen LogP contribution in [-0.2, 0) is 23.4 Å². The van der Waals surface area contributed by atoms with Crippen molar-refractivity contribution in [3.05, 3.63) is 36.7 Å². The van der Waals surface area contributed by atoms with Gasteiger partial charge < -0.3 is 30.2 Å². The molecule has 0 amide bonds. The topological polar surface area (TPSA) is 185 Å². The lowest BCUT2D eigenvalue weighted by Crippen LogP contribution is -2.42. The van der Waals surface area contributed by atoms with Crippen LogP contribution in [0.2, 0.25) is 0 Å². The zero-order valence-electron chi connectivity index (χ0n) is 22.7. The molecule has 3 heterocycles. The number of benzene rings is 1. The number of para-hydroxylation sites is 1. The number of fused-ring (bicyclic) bond motifs is 1. The molecule has 0 spiro atoms. The lowest BCUT2D eigenvalue weighted by Gasteiger charge is -2.25. The number of carbonyl (C=O) groups is 1. The zero-order valence-corrected chi connectivity index (χ0v) is 23.6. The Balaban J connectivity index is 1.60. The number of carbonyl (C=O) groups excluding carboxylic acids is 1. The molecule has 41 heavy (non-hydrogen) atoms. The predicted molar refractivity (Wildman–Crippen MR) is 146 cm³/mol. The molecule has 220 valence electrons. The molecule has 1 fully saturated rings. The summed E-state index contributed by atoms with van der Waals surface area (Å²) in [7, 11) is -2.75. The quantitative estimate of drug-likeness (QED) is 0.145. The van der Waals surface area contributed by atoms with Crippen LogP contribution in [-0.4, -0.2) is 74.3 Å². The molecule has 14 nitrogen and oxygen atoms in total. The van der Waals surface area contributed by atoms with E-state index in [9.17, 15) is 14.5 Å². The van der Waals surface area contributed by atoms with Gasteiger partial charge in [0.05, 0.1) is 19.0 Å². The maximum atomic E-state index is 16.1. The minimum absolute atomic E-state index is 0.0927. The summed E-state index contributed by atoms with van der Waals surface area (Å²) >= 11 is 0. The first kappa shape index (κ1) is 30.2. The van der Waals surface area contributed by atoms with Gasteiger partial charge in [0.1, 0.15) is 24.0 Å². The van der Waals surface area contributed by atoms with Crippen LogP contribution in [0.15, 0.2) is 36.7 Å². The number of alkyl halides is 1. The SMILES string of the molecule is C#C[C@@]1(F)[C@H](O)C(COP(=O)(N[C@@H](C)C(=O)OC(C)C)Oc2ccccc2)O[C@H]1n1cnc2c(NC)nc(N)nc21. The van der Waals surface area contributed by atoms with Crippen molar-refractivity contribution in [2.24, 2.45) is 0 Å². The highest BCUT2D eigenvalue weighted by Gasteiger charge is 2.58. The Morgan fingerprint density at radius 2 is 2.05 bits per heavy atom. The van der Waals surface area contributed by atoms with E-state index in [1.165, 1.54) is 30.0 Å². The van der Waals surface area contributed by atoms with Crippen LogP contribution in [0.25, 0.3) is 11.2 Å². The molecule has 1 aliphatic heterocycles. The molecular formula is C25H31FN7O7P.